The van der Waals surface area contributed by atoms with E-state index >= 15 is 0 Å². The fourth-order valence-corrected chi connectivity index (χ4v) is 2.34. The number of hydrogen-bond acceptors (Lipinski definition) is 2. The van der Waals surface area contributed by atoms with E-state index in [4.69, 9.17) is 28.5 Å². The van der Waals surface area contributed by atoms with Crippen molar-refractivity contribution in [2.45, 2.75) is 6.42 Å². The fourth-order valence-electron chi connectivity index (χ4n) is 1.84. The molecule has 2 N–H and O–H groups in total. The van der Waals surface area contributed by atoms with E-state index < -0.39 is 0 Å². The van der Waals surface area contributed by atoms with Gasteiger partial charge in [0.1, 0.15) is 0 Å². The second kappa shape index (κ2) is 7.69. The number of benzene rings is 2. The van der Waals surface area contributed by atoms with E-state index in [0.29, 0.717) is 34.3 Å². The molecule has 0 aliphatic carbocycles. The topological polar surface area (TPSA) is 64.9 Å². The van der Waals surface area contributed by atoms with E-state index in [1.807, 2.05) is 12.1 Å². The molecule has 0 heterocycles. The summed E-state index contributed by atoms with van der Waals surface area (Å²) in [5.74, 6) is 0. The van der Waals surface area contributed by atoms with Gasteiger partial charge in [-0.1, -0.05) is 29.3 Å². The van der Waals surface area contributed by atoms with E-state index in [0.717, 1.165) is 5.56 Å². The Morgan fingerprint density at radius 1 is 1.14 bits per heavy atom. The minimum absolute atomic E-state index is 0.310. The minimum Gasteiger partial charge on any atom is -0.338 e. The molecule has 0 aromatic heterocycles. The zero-order valence-corrected chi connectivity index (χ0v) is 13.1. The van der Waals surface area contributed by atoms with Crippen molar-refractivity contribution < 1.29 is 4.79 Å². The van der Waals surface area contributed by atoms with Crippen molar-refractivity contribution in [3.05, 3.63) is 63.6 Å². The molecule has 0 unspecified atom stereocenters. The molecule has 2 amide bonds. The molecule has 2 rings (SSSR count). The average molecular weight is 334 g/mol. The summed E-state index contributed by atoms with van der Waals surface area (Å²) in [5, 5.41) is 15.3. The molecule has 22 heavy (non-hydrogen) atoms. The van der Waals surface area contributed by atoms with Crippen LogP contribution >= 0.6 is 23.2 Å². The standard InChI is InChI=1S/C16H13Cl2N3O/c17-13-4-3-12(15(18)9-13)7-8-20-16(22)21-14-5-1-11(10-19)2-6-14/h1-6,9H,7-8H2,(H2,20,21,22). The van der Waals surface area contributed by atoms with Crippen LogP contribution in [-0.4, -0.2) is 12.6 Å². The van der Waals surface area contributed by atoms with Crippen LogP contribution in [0.5, 0.6) is 0 Å². The molecule has 0 saturated carbocycles. The number of halogens is 2. The number of carbonyl (C=O) groups is 1. The summed E-state index contributed by atoms with van der Waals surface area (Å²) in [6.45, 7) is 0.448. The van der Waals surface area contributed by atoms with Crippen molar-refractivity contribution in [1.82, 2.24) is 5.32 Å². The van der Waals surface area contributed by atoms with Crippen LogP contribution in [0.4, 0.5) is 10.5 Å². The third-order valence-corrected chi connectivity index (χ3v) is 3.55. The van der Waals surface area contributed by atoms with Gasteiger partial charge in [-0.2, -0.15) is 5.26 Å². The largest absolute Gasteiger partial charge is 0.338 e. The maximum atomic E-state index is 11.8. The summed E-state index contributed by atoms with van der Waals surface area (Å²) >= 11 is 11.9. The van der Waals surface area contributed by atoms with Gasteiger partial charge >= 0.3 is 6.03 Å². The van der Waals surface area contributed by atoms with Gasteiger partial charge in [0.05, 0.1) is 11.6 Å². The fraction of sp³-hybridized carbons (Fsp3) is 0.125. The lowest BCUT2D eigenvalue weighted by molar-refractivity contribution is 0.252. The zero-order chi connectivity index (χ0) is 15.9. The molecule has 0 atom stereocenters. The maximum Gasteiger partial charge on any atom is 0.319 e. The highest BCUT2D eigenvalue weighted by atomic mass is 35.5. The van der Waals surface area contributed by atoms with Gasteiger partial charge in [-0.05, 0) is 48.4 Å². The Bertz CT molecular complexity index is 708. The SMILES string of the molecule is N#Cc1ccc(NC(=O)NCCc2ccc(Cl)cc2Cl)cc1. The number of nitrogens with one attached hydrogen (secondary N) is 2. The van der Waals surface area contributed by atoms with Gasteiger partial charge in [0.15, 0.2) is 0 Å². The lowest BCUT2D eigenvalue weighted by Crippen LogP contribution is -2.30. The first kappa shape index (κ1) is 16.2. The molecule has 0 fully saturated rings. The van der Waals surface area contributed by atoms with Crippen molar-refractivity contribution in [3.8, 4) is 6.07 Å². The van der Waals surface area contributed by atoms with Crippen LogP contribution in [0.3, 0.4) is 0 Å². The van der Waals surface area contributed by atoms with Gasteiger partial charge in [-0.25, -0.2) is 4.79 Å². The maximum absolute atomic E-state index is 11.8. The van der Waals surface area contributed by atoms with Crippen LogP contribution in [-0.2, 0) is 6.42 Å². The van der Waals surface area contributed by atoms with E-state index in [1.54, 1.807) is 36.4 Å². The van der Waals surface area contributed by atoms with E-state index in [9.17, 15) is 4.79 Å². The molecule has 0 spiro atoms. The monoisotopic (exact) mass is 333 g/mol. The second-order valence-corrected chi connectivity index (χ2v) is 5.40. The van der Waals surface area contributed by atoms with E-state index in [1.165, 1.54) is 0 Å². The lowest BCUT2D eigenvalue weighted by Gasteiger charge is -2.08. The predicted octanol–water partition coefficient (Wildman–Crippen LogP) is 4.23. The number of urea groups is 1. The first-order chi connectivity index (χ1) is 10.6. The Labute approximate surface area is 138 Å². The molecule has 0 saturated heterocycles. The van der Waals surface area contributed by atoms with Gasteiger partial charge in [-0.3, -0.25) is 0 Å². The molecule has 2 aromatic carbocycles. The average Bonchev–Trinajstić information content (AvgIpc) is 2.50. The lowest BCUT2D eigenvalue weighted by atomic mass is 10.1. The van der Waals surface area contributed by atoms with Crippen molar-refractivity contribution in [3.63, 3.8) is 0 Å². The third-order valence-electron chi connectivity index (χ3n) is 2.97. The number of rotatable bonds is 4. The Kier molecular flexibility index (Phi) is 5.65. The smallest absolute Gasteiger partial charge is 0.319 e. The summed E-state index contributed by atoms with van der Waals surface area (Å²) < 4.78 is 0. The number of carbonyl (C=O) groups excluding carboxylic acids is 1. The van der Waals surface area contributed by atoms with Gasteiger partial charge in [0.2, 0.25) is 0 Å². The minimum atomic E-state index is -0.310. The summed E-state index contributed by atoms with van der Waals surface area (Å²) in [6, 6.07) is 13.6. The molecule has 0 bridgehead atoms. The zero-order valence-electron chi connectivity index (χ0n) is 11.6. The van der Waals surface area contributed by atoms with Gasteiger partial charge in [0, 0.05) is 22.3 Å². The number of hydrogen-bond donors (Lipinski definition) is 2. The summed E-state index contributed by atoms with van der Waals surface area (Å²) in [7, 11) is 0. The number of amides is 2. The van der Waals surface area contributed by atoms with Crippen molar-refractivity contribution in [2.24, 2.45) is 0 Å². The highest BCUT2D eigenvalue weighted by Gasteiger charge is 2.04. The van der Waals surface area contributed by atoms with E-state index in [2.05, 4.69) is 10.6 Å². The third kappa shape index (κ3) is 4.66. The molecule has 2 aromatic rings. The van der Waals surface area contributed by atoms with Crippen LogP contribution in [0.25, 0.3) is 0 Å². The Morgan fingerprint density at radius 2 is 1.86 bits per heavy atom. The molecule has 6 heteroatoms. The van der Waals surface area contributed by atoms with Crippen LogP contribution < -0.4 is 10.6 Å². The Balaban J connectivity index is 1.81. The molecular weight excluding hydrogens is 321 g/mol. The normalized spacial score (nSPS) is 9.86. The first-order valence-corrected chi connectivity index (χ1v) is 7.33. The Hall–Kier alpha value is -2.22. The van der Waals surface area contributed by atoms with Crippen molar-refractivity contribution in [2.75, 3.05) is 11.9 Å². The molecule has 0 aliphatic heterocycles. The van der Waals surface area contributed by atoms with Crippen LogP contribution in [0.2, 0.25) is 10.0 Å². The second-order valence-electron chi connectivity index (χ2n) is 4.56. The number of anilines is 1. The Morgan fingerprint density at radius 3 is 2.50 bits per heavy atom. The molecular formula is C16H13Cl2N3O. The molecule has 0 radical (unpaired) electrons. The highest BCUT2D eigenvalue weighted by molar-refractivity contribution is 6.35. The van der Waals surface area contributed by atoms with Gasteiger partial charge < -0.3 is 10.6 Å². The van der Waals surface area contributed by atoms with Crippen LogP contribution in [0.1, 0.15) is 11.1 Å². The molecule has 112 valence electrons. The first-order valence-electron chi connectivity index (χ1n) is 6.57. The van der Waals surface area contributed by atoms with Crippen LogP contribution in [0.15, 0.2) is 42.5 Å². The molecule has 4 nitrogen and oxygen atoms in total. The number of nitriles is 1. The van der Waals surface area contributed by atoms with Crippen molar-refractivity contribution >= 4 is 34.9 Å². The van der Waals surface area contributed by atoms with Gasteiger partial charge in [0.25, 0.3) is 0 Å². The number of nitrogens with zero attached hydrogens (tertiary/aromatic N) is 1. The van der Waals surface area contributed by atoms with Gasteiger partial charge in [-0.15, -0.1) is 0 Å². The predicted molar refractivity (Wildman–Crippen MR) is 88.3 cm³/mol. The summed E-state index contributed by atoms with van der Waals surface area (Å²) in [5.41, 5.74) is 2.09. The summed E-state index contributed by atoms with van der Waals surface area (Å²) in [4.78, 5) is 11.8. The quantitative estimate of drug-likeness (QED) is 0.879. The van der Waals surface area contributed by atoms with Crippen LogP contribution in [0, 0.1) is 11.3 Å². The summed E-state index contributed by atoms with van der Waals surface area (Å²) in [6.07, 6.45) is 0.608. The highest BCUT2D eigenvalue weighted by Crippen LogP contribution is 2.21. The van der Waals surface area contributed by atoms with E-state index in [-0.39, 0.29) is 6.03 Å². The molecule has 0 aliphatic rings. The van der Waals surface area contributed by atoms with Crippen molar-refractivity contribution in [1.29, 1.82) is 5.26 Å².